The predicted octanol–water partition coefficient (Wildman–Crippen LogP) is 1.04. The number of imide groups is 1. The Morgan fingerprint density at radius 1 is 1.52 bits per heavy atom. The minimum Gasteiger partial charge on any atom is -0.354 e. The number of thiophene rings is 1. The normalized spacial score (nSPS) is 25.1. The molecule has 1 aromatic rings. The van der Waals surface area contributed by atoms with Gasteiger partial charge in [-0.2, -0.15) is 0 Å². The maximum atomic E-state index is 12.5. The van der Waals surface area contributed by atoms with Crippen LogP contribution < -0.4 is 10.6 Å². The summed E-state index contributed by atoms with van der Waals surface area (Å²) in [6, 6.07) is 3.12. The standard InChI is InChI=1S/C14H17N3O3S/c1-14(10-3-2-6-21-10)12(19)17(13(20)16-14)8-11(18)15-7-9-4-5-9/h2-3,6,9H,4-5,7-8H2,1H3,(H,15,18)(H,16,20). The van der Waals surface area contributed by atoms with Gasteiger partial charge < -0.3 is 10.6 Å². The Morgan fingerprint density at radius 2 is 2.29 bits per heavy atom. The maximum absolute atomic E-state index is 12.5. The molecule has 0 aromatic carbocycles. The molecule has 2 fully saturated rings. The van der Waals surface area contributed by atoms with Gasteiger partial charge in [0.1, 0.15) is 6.54 Å². The van der Waals surface area contributed by atoms with Gasteiger partial charge in [-0.1, -0.05) is 6.07 Å². The van der Waals surface area contributed by atoms with Crippen LogP contribution >= 0.6 is 11.3 Å². The van der Waals surface area contributed by atoms with E-state index >= 15 is 0 Å². The molecule has 1 aliphatic heterocycles. The second-order valence-electron chi connectivity index (χ2n) is 5.67. The van der Waals surface area contributed by atoms with Gasteiger partial charge in [0.05, 0.1) is 0 Å². The lowest BCUT2D eigenvalue weighted by atomic mass is 10.0. The fourth-order valence-electron chi connectivity index (χ4n) is 2.35. The van der Waals surface area contributed by atoms with Gasteiger partial charge in [0.15, 0.2) is 5.54 Å². The van der Waals surface area contributed by atoms with Crippen molar-refractivity contribution in [2.45, 2.75) is 25.3 Å². The highest BCUT2D eigenvalue weighted by Gasteiger charge is 2.50. The molecule has 6 nitrogen and oxygen atoms in total. The molecule has 1 aliphatic carbocycles. The van der Waals surface area contributed by atoms with E-state index in [4.69, 9.17) is 0 Å². The number of hydrogen-bond acceptors (Lipinski definition) is 4. The van der Waals surface area contributed by atoms with E-state index in [1.807, 2.05) is 11.4 Å². The van der Waals surface area contributed by atoms with Crippen molar-refractivity contribution in [3.8, 4) is 0 Å². The second-order valence-corrected chi connectivity index (χ2v) is 6.62. The fourth-order valence-corrected chi connectivity index (χ4v) is 3.19. The van der Waals surface area contributed by atoms with E-state index in [1.165, 1.54) is 11.3 Å². The summed E-state index contributed by atoms with van der Waals surface area (Å²) in [5, 5.41) is 7.30. The summed E-state index contributed by atoms with van der Waals surface area (Å²) in [6.07, 6.45) is 2.28. The van der Waals surface area contributed by atoms with E-state index in [0.717, 1.165) is 22.6 Å². The van der Waals surface area contributed by atoms with Crippen LogP contribution in [0.2, 0.25) is 0 Å². The molecule has 1 saturated heterocycles. The predicted molar refractivity (Wildman–Crippen MR) is 77.6 cm³/mol. The SMILES string of the molecule is CC1(c2cccs2)NC(=O)N(CC(=O)NCC2CC2)C1=O. The van der Waals surface area contributed by atoms with Crippen LogP contribution in [0.3, 0.4) is 0 Å². The molecular weight excluding hydrogens is 290 g/mol. The summed E-state index contributed by atoms with van der Waals surface area (Å²) < 4.78 is 0. The molecular formula is C14H17N3O3S. The molecule has 1 saturated carbocycles. The van der Waals surface area contributed by atoms with Gasteiger partial charge in [0, 0.05) is 11.4 Å². The number of urea groups is 1. The number of carbonyl (C=O) groups is 3. The van der Waals surface area contributed by atoms with Crippen molar-refractivity contribution < 1.29 is 14.4 Å². The van der Waals surface area contributed by atoms with Gasteiger partial charge in [-0.3, -0.25) is 14.5 Å². The third kappa shape index (κ3) is 2.65. The smallest absolute Gasteiger partial charge is 0.325 e. The van der Waals surface area contributed by atoms with E-state index in [2.05, 4.69) is 10.6 Å². The van der Waals surface area contributed by atoms with Crippen molar-refractivity contribution in [1.82, 2.24) is 15.5 Å². The van der Waals surface area contributed by atoms with Crippen molar-refractivity contribution in [3.05, 3.63) is 22.4 Å². The first-order valence-electron chi connectivity index (χ1n) is 6.95. The number of hydrogen-bond donors (Lipinski definition) is 2. The first kappa shape index (κ1) is 14.1. The van der Waals surface area contributed by atoms with Gasteiger partial charge in [-0.25, -0.2) is 4.79 Å². The third-order valence-corrected chi connectivity index (χ3v) is 4.97. The van der Waals surface area contributed by atoms with Crippen molar-refractivity contribution >= 4 is 29.2 Å². The quantitative estimate of drug-likeness (QED) is 0.798. The van der Waals surface area contributed by atoms with Gasteiger partial charge in [0.25, 0.3) is 5.91 Å². The molecule has 1 atom stereocenters. The van der Waals surface area contributed by atoms with Gasteiger partial charge >= 0.3 is 6.03 Å². The summed E-state index contributed by atoms with van der Waals surface area (Å²) in [4.78, 5) is 38.1. The van der Waals surface area contributed by atoms with E-state index < -0.39 is 11.6 Å². The Labute approximate surface area is 126 Å². The van der Waals surface area contributed by atoms with Gasteiger partial charge in [-0.15, -0.1) is 11.3 Å². The maximum Gasteiger partial charge on any atom is 0.325 e. The van der Waals surface area contributed by atoms with Crippen LogP contribution in [-0.2, 0) is 15.1 Å². The number of amides is 4. The third-order valence-electron chi connectivity index (χ3n) is 3.88. The summed E-state index contributed by atoms with van der Waals surface area (Å²) in [6.45, 7) is 2.07. The van der Waals surface area contributed by atoms with Crippen LogP contribution in [0.15, 0.2) is 17.5 Å². The van der Waals surface area contributed by atoms with Crippen molar-refractivity contribution in [3.63, 3.8) is 0 Å². The number of nitrogens with zero attached hydrogens (tertiary/aromatic N) is 1. The van der Waals surface area contributed by atoms with Crippen LogP contribution in [0.5, 0.6) is 0 Å². The summed E-state index contributed by atoms with van der Waals surface area (Å²) >= 11 is 1.41. The first-order valence-corrected chi connectivity index (χ1v) is 7.83. The largest absolute Gasteiger partial charge is 0.354 e. The Balaban J connectivity index is 1.67. The van der Waals surface area contributed by atoms with Crippen LogP contribution in [-0.4, -0.2) is 35.8 Å². The second kappa shape index (κ2) is 5.14. The van der Waals surface area contributed by atoms with Gasteiger partial charge in [0.2, 0.25) is 5.91 Å². The number of nitrogens with one attached hydrogen (secondary N) is 2. The molecule has 7 heteroatoms. The average molecular weight is 307 g/mol. The highest BCUT2D eigenvalue weighted by atomic mass is 32.1. The lowest BCUT2D eigenvalue weighted by molar-refractivity contribution is -0.134. The molecule has 2 heterocycles. The summed E-state index contributed by atoms with van der Waals surface area (Å²) in [5.74, 6) is -0.106. The lowest BCUT2D eigenvalue weighted by Crippen LogP contribution is -2.43. The molecule has 2 aliphatic rings. The lowest BCUT2D eigenvalue weighted by Gasteiger charge is -2.19. The molecule has 4 amide bonds. The first-order chi connectivity index (χ1) is 10.0. The topological polar surface area (TPSA) is 78.5 Å². The van der Waals surface area contributed by atoms with E-state index in [9.17, 15) is 14.4 Å². The van der Waals surface area contributed by atoms with E-state index in [0.29, 0.717) is 12.5 Å². The zero-order chi connectivity index (χ0) is 15.0. The molecule has 1 unspecified atom stereocenters. The van der Waals surface area contributed by atoms with Crippen molar-refractivity contribution in [2.75, 3.05) is 13.1 Å². The van der Waals surface area contributed by atoms with Gasteiger partial charge in [-0.05, 0) is 37.1 Å². The highest BCUT2D eigenvalue weighted by Crippen LogP contribution is 2.31. The van der Waals surface area contributed by atoms with Crippen LogP contribution in [0, 0.1) is 5.92 Å². The van der Waals surface area contributed by atoms with Crippen molar-refractivity contribution in [2.24, 2.45) is 5.92 Å². The van der Waals surface area contributed by atoms with E-state index in [-0.39, 0.29) is 18.4 Å². The Morgan fingerprint density at radius 3 is 2.90 bits per heavy atom. The molecule has 112 valence electrons. The molecule has 0 radical (unpaired) electrons. The number of carbonyl (C=O) groups excluding carboxylic acids is 3. The Hall–Kier alpha value is -1.89. The molecule has 21 heavy (non-hydrogen) atoms. The zero-order valence-corrected chi connectivity index (χ0v) is 12.5. The van der Waals surface area contributed by atoms with Crippen molar-refractivity contribution in [1.29, 1.82) is 0 Å². The average Bonchev–Trinajstić information content (AvgIpc) is 3.05. The number of rotatable bonds is 5. The van der Waals surface area contributed by atoms with E-state index in [1.54, 1.807) is 13.0 Å². The zero-order valence-electron chi connectivity index (χ0n) is 11.7. The summed E-state index contributed by atoms with van der Waals surface area (Å²) in [5.41, 5.74) is -1.07. The minimum atomic E-state index is -1.07. The van der Waals surface area contributed by atoms with Crippen LogP contribution in [0.1, 0.15) is 24.6 Å². The molecule has 1 aromatic heterocycles. The van der Waals surface area contributed by atoms with Crippen LogP contribution in [0.25, 0.3) is 0 Å². The fraction of sp³-hybridized carbons (Fsp3) is 0.500. The minimum absolute atomic E-state index is 0.224. The highest BCUT2D eigenvalue weighted by molar-refractivity contribution is 7.10. The Kier molecular flexibility index (Phi) is 3.44. The molecule has 2 N–H and O–H groups in total. The monoisotopic (exact) mass is 307 g/mol. The molecule has 0 spiro atoms. The summed E-state index contributed by atoms with van der Waals surface area (Å²) in [7, 11) is 0. The molecule has 3 rings (SSSR count). The Bertz CT molecular complexity index is 582. The molecule has 0 bridgehead atoms. The van der Waals surface area contributed by atoms with Crippen LogP contribution in [0.4, 0.5) is 4.79 Å².